The lowest BCUT2D eigenvalue weighted by Gasteiger charge is -2.25. The molecule has 0 spiro atoms. The van der Waals surface area contributed by atoms with Gasteiger partial charge in [-0.25, -0.2) is 0 Å². The molecule has 0 unspecified atom stereocenters. The molecule has 90 valence electrons. The van der Waals surface area contributed by atoms with Crippen LogP contribution in [0.15, 0.2) is 17.5 Å². The highest BCUT2D eigenvalue weighted by Gasteiger charge is 2.40. The van der Waals surface area contributed by atoms with E-state index in [0.717, 1.165) is 16.3 Å². The number of amides is 1. The summed E-state index contributed by atoms with van der Waals surface area (Å²) in [5, 5.41) is 21.0. The second-order valence-corrected chi connectivity index (χ2v) is 5.18. The maximum atomic E-state index is 12.0. The van der Waals surface area contributed by atoms with Crippen LogP contribution in [0.25, 0.3) is 0 Å². The highest BCUT2D eigenvalue weighted by molar-refractivity contribution is 7.10. The van der Waals surface area contributed by atoms with E-state index >= 15 is 0 Å². The third-order valence-electron chi connectivity index (χ3n) is 3.12. The molecule has 3 heterocycles. The van der Waals surface area contributed by atoms with Crippen molar-refractivity contribution in [2.45, 2.75) is 12.8 Å². The van der Waals surface area contributed by atoms with Crippen LogP contribution in [-0.2, 0) is 4.79 Å². The molecule has 0 radical (unpaired) electrons. The molecule has 3 rings (SSSR count). The Bertz CT molecular complexity index is 638. The minimum Gasteiger partial charge on any atom is -0.322 e. The molecule has 0 saturated heterocycles. The fourth-order valence-corrected chi connectivity index (χ4v) is 3.11. The Morgan fingerprint density at radius 2 is 2.39 bits per heavy atom. The van der Waals surface area contributed by atoms with E-state index in [1.165, 1.54) is 11.3 Å². The van der Waals surface area contributed by atoms with E-state index in [0.29, 0.717) is 5.69 Å². The van der Waals surface area contributed by atoms with Gasteiger partial charge >= 0.3 is 0 Å². The number of nitriles is 1. The number of nitrogens with zero attached hydrogens (tertiary/aromatic N) is 2. The number of hydrogen-bond donors (Lipinski definition) is 2. The van der Waals surface area contributed by atoms with Crippen molar-refractivity contribution in [1.82, 2.24) is 10.2 Å². The van der Waals surface area contributed by atoms with Crippen LogP contribution < -0.4 is 5.32 Å². The van der Waals surface area contributed by atoms with E-state index in [9.17, 15) is 10.1 Å². The number of fused-ring (bicyclic) bond motifs is 1. The van der Waals surface area contributed by atoms with Gasteiger partial charge in [0.2, 0.25) is 5.91 Å². The minimum absolute atomic E-state index is 0.257. The molecule has 1 aliphatic rings. The summed E-state index contributed by atoms with van der Waals surface area (Å²) in [4.78, 5) is 13.0. The van der Waals surface area contributed by atoms with Gasteiger partial charge in [-0.2, -0.15) is 10.4 Å². The topological polar surface area (TPSA) is 81.6 Å². The van der Waals surface area contributed by atoms with Gasteiger partial charge in [-0.05, 0) is 18.4 Å². The first-order valence-electron chi connectivity index (χ1n) is 5.51. The number of anilines is 1. The Hall–Kier alpha value is -2.13. The molecule has 1 aliphatic heterocycles. The van der Waals surface area contributed by atoms with Crippen molar-refractivity contribution >= 4 is 22.9 Å². The number of thiophene rings is 1. The number of carbonyl (C=O) groups excluding carboxylic acids is 1. The van der Waals surface area contributed by atoms with Crippen LogP contribution in [0.1, 0.15) is 22.2 Å². The first kappa shape index (κ1) is 11.0. The van der Waals surface area contributed by atoms with Crippen LogP contribution in [0.4, 0.5) is 5.69 Å². The van der Waals surface area contributed by atoms with Gasteiger partial charge in [0, 0.05) is 4.88 Å². The predicted molar refractivity (Wildman–Crippen MR) is 67.2 cm³/mol. The second kappa shape index (κ2) is 3.96. The second-order valence-electron chi connectivity index (χ2n) is 4.20. The van der Waals surface area contributed by atoms with Crippen LogP contribution in [0.2, 0.25) is 0 Å². The normalized spacial score (nSPS) is 22.1. The number of nitrogens with one attached hydrogen (secondary N) is 2. The minimum atomic E-state index is -0.723. The zero-order chi connectivity index (χ0) is 12.7. The zero-order valence-electron chi connectivity index (χ0n) is 9.60. The highest BCUT2D eigenvalue weighted by atomic mass is 32.1. The lowest BCUT2D eigenvalue weighted by Crippen LogP contribution is -2.32. The molecule has 2 N–H and O–H groups in total. The van der Waals surface area contributed by atoms with Crippen LogP contribution >= 0.6 is 11.3 Å². The number of aromatic nitrogens is 2. The van der Waals surface area contributed by atoms with Gasteiger partial charge in [0.15, 0.2) is 0 Å². The lowest BCUT2D eigenvalue weighted by molar-refractivity contribution is -0.119. The van der Waals surface area contributed by atoms with Gasteiger partial charge < -0.3 is 5.32 Å². The molecule has 2 aromatic rings. The zero-order valence-corrected chi connectivity index (χ0v) is 10.4. The highest BCUT2D eigenvalue weighted by Crippen LogP contribution is 2.41. The van der Waals surface area contributed by atoms with Crippen molar-refractivity contribution in [3.05, 3.63) is 33.8 Å². The van der Waals surface area contributed by atoms with E-state index in [1.54, 1.807) is 0 Å². The molecule has 0 aliphatic carbocycles. The summed E-state index contributed by atoms with van der Waals surface area (Å²) in [5.74, 6) is -1.25. The monoisotopic (exact) mass is 258 g/mol. The first-order chi connectivity index (χ1) is 8.72. The Morgan fingerprint density at radius 1 is 1.56 bits per heavy atom. The summed E-state index contributed by atoms with van der Waals surface area (Å²) in [6.45, 7) is 1.85. The predicted octanol–water partition coefficient (Wildman–Crippen LogP) is 2.00. The van der Waals surface area contributed by atoms with E-state index in [-0.39, 0.29) is 11.8 Å². The van der Waals surface area contributed by atoms with Crippen molar-refractivity contribution in [2.75, 3.05) is 5.32 Å². The fourth-order valence-electron chi connectivity index (χ4n) is 2.24. The summed E-state index contributed by atoms with van der Waals surface area (Å²) < 4.78 is 0. The molecular formula is C12H10N4OS. The summed E-state index contributed by atoms with van der Waals surface area (Å²) >= 11 is 1.54. The number of aromatic amines is 1. The van der Waals surface area contributed by atoms with E-state index in [2.05, 4.69) is 21.6 Å². The van der Waals surface area contributed by atoms with Crippen LogP contribution in [0.3, 0.4) is 0 Å². The summed E-state index contributed by atoms with van der Waals surface area (Å²) in [7, 11) is 0. The summed E-state index contributed by atoms with van der Waals surface area (Å²) in [6.07, 6.45) is 0. The maximum absolute atomic E-state index is 12.0. The molecule has 0 saturated carbocycles. The molecule has 1 amide bonds. The number of aryl methyl sites for hydroxylation is 1. The molecule has 5 nitrogen and oxygen atoms in total. The molecule has 2 atom stereocenters. The number of carbonyl (C=O) groups is 1. The average molecular weight is 258 g/mol. The van der Waals surface area contributed by atoms with E-state index in [1.807, 2.05) is 24.4 Å². The van der Waals surface area contributed by atoms with Gasteiger partial charge in [0.05, 0.1) is 29.1 Å². The Kier molecular flexibility index (Phi) is 2.42. The SMILES string of the molecule is Cc1[nH]nc2c1NC(=O)[C@@H](C#N)[C@@H]2c1cccs1. The van der Waals surface area contributed by atoms with Crippen molar-refractivity contribution in [3.63, 3.8) is 0 Å². The molecule has 0 fully saturated rings. The Labute approximate surface area is 107 Å². The fraction of sp³-hybridized carbons (Fsp3) is 0.250. The molecule has 0 bridgehead atoms. The molecule has 6 heteroatoms. The summed E-state index contributed by atoms with van der Waals surface area (Å²) in [5.41, 5.74) is 2.28. The molecule has 2 aromatic heterocycles. The number of rotatable bonds is 1. The smallest absolute Gasteiger partial charge is 0.242 e. The van der Waals surface area contributed by atoms with Crippen molar-refractivity contribution in [2.24, 2.45) is 5.92 Å². The standard InChI is InChI=1S/C12H10N4OS/c1-6-10-11(16-15-6)9(8-3-2-4-18-8)7(5-13)12(17)14-10/h2-4,7,9H,1H3,(H,14,17)(H,15,16)/t7-,9+/m0/s1. The molecule has 18 heavy (non-hydrogen) atoms. The average Bonchev–Trinajstić information content (AvgIpc) is 2.99. The van der Waals surface area contributed by atoms with Gasteiger partial charge in [-0.15, -0.1) is 11.3 Å². The van der Waals surface area contributed by atoms with Gasteiger partial charge in [0.1, 0.15) is 5.92 Å². The van der Waals surface area contributed by atoms with Gasteiger partial charge in [0.25, 0.3) is 0 Å². The Balaban J connectivity index is 2.19. The van der Waals surface area contributed by atoms with Crippen LogP contribution in [-0.4, -0.2) is 16.1 Å². The van der Waals surface area contributed by atoms with E-state index in [4.69, 9.17) is 0 Å². The molecule has 0 aromatic carbocycles. The molecular weight excluding hydrogens is 248 g/mol. The Morgan fingerprint density at radius 3 is 3.06 bits per heavy atom. The summed E-state index contributed by atoms with van der Waals surface area (Å²) in [6, 6.07) is 5.94. The van der Waals surface area contributed by atoms with Gasteiger partial charge in [-0.3, -0.25) is 9.89 Å². The number of H-pyrrole nitrogens is 1. The van der Waals surface area contributed by atoms with Crippen molar-refractivity contribution < 1.29 is 4.79 Å². The first-order valence-corrected chi connectivity index (χ1v) is 6.39. The number of hydrogen-bond acceptors (Lipinski definition) is 4. The third-order valence-corrected chi connectivity index (χ3v) is 4.08. The van der Waals surface area contributed by atoms with Crippen molar-refractivity contribution in [3.8, 4) is 6.07 Å². The van der Waals surface area contributed by atoms with Gasteiger partial charge in [-0.1, -0.05) is 6.07 Å². The van der Waals surface area contributed by atoms with Crippen molar-refractivity contribution in [1.29, 1.82) is 5.26 Å². The lowest BCUT2D eigenvalue weighted by atomic mass is 9.84. The largest absolute Gasteiger partial charge is 0.322 e. The maximum Gasteiger partial charge on any atom is 0.242 e. The third kappa shape index (κ3) is 1.45. The van der Waals surface area contributed by atoms with E-state index < -0.39 is 5.92 Å². The quantitative estimate of drug-likeness (QED) is 0.820. The van der Waals surface area contributed by atoms with Crippen LogP contribution in [0.5, 0.6) is 0 Å². The van der Waals surface area contributed by atoms with Crippen LogP contribution in [0, 0.1) is 24.2 Å².